The summed E-state index contributed by atoms with van der Waals surface area (Å²) in [5, 5.41) is 9.56. The van der Waals surface area contributed by atoms with Crippen LogP contribution in [-0.2, 0) is 0 Å². The maximum atomic E-state index is 8.81. The van der Waals surface area contributed by atoms with Crippen LogP contribution in [0.4, 0.5) is 0 Å². The van der Waals surface area contributed by atoms with Gasteiger partial charge in [-0.25, -0.2) is 4.98 Å². The highest BCUT2D eigenvalue weighted by atomic mass is 32.1. The minimum absolute atomic E-state index is 0.336. The van der Waals surface area contributed by atoms with Crippen LogP contribution in [-0.4, -0.2) is 22.8 Å². The van der Waals surface area contributed by atoms with Crippen molar-refractivity contribution in [2.24, 2.45) is 0 Å². The molecule has 1 heterocycles. The number of ether oxygens (including phenoxy) is 1. The van der Waals surface area contributed by atoms with Crippen molar-refractivity contribution < 1.29 is 9.84 Å². The molecule has 0 radical (unpaired) electrons. The summed E-state index contributed by atoms with van der Waals surface area (Å²) < 4.78 is 5.11. The van der Waals surface area contributed by atoms with Crippen LogP contribution in [0.3, 0.4) is 0 Å². The van der Waals surface area contributed by atoms with Crippen molar-refractivity contribution in [3.8, 4) is 5.06 Å². The fourth-order valence-electron chi connectivity index (χ4n) is 0.478. The standard InChI is InChI=1S/C6H9NO2S/c1-5(8)3-9-6-2-7-4-10-6/h2,4-5,8H,3H2,1H3. The van der Waals surface area contributed by atoms with E-state index in [0.717, 1.165) is 5.06 Å². The second-order valence-electron chi connectivity index (χ2n) is 1.98. The zero-order valence-electron chi connectivity index (χ0n) is 5.65. The number of aromatic nitrogens is 1. The molecule has 0 aliphatic heterocycles. The third-order valence-electron chi connectivity index (χ3n) is 0.876. The van der Waals surface area contributed by atoms with E-state index in [0.29, 0.717) is 6.61 Å². The summed E-state index contributed by atoms with van der Waals surface area (Å²) in [6.07, 6.45) is 1.22. The molecule has 0 fully saturated rings. The smallest absolute Gasteiger partial charge is 0.193 e. The second-order valence-corrected chi connectivity index (χ2v) is 2.83. The summed E-state index contributed by atoms with van der Waals surface area (Å²) in [6.45, 7) is 2.02. The number of thiazole rings is 1. The van der Waals surface area contributed by atoms with Crippen LogP contribution < -0.4 is 4.74 Å². The highest BCUT2D eigenvalue weighted by molar-refractivity contribution is 7.11. The Hall–Kier alpha value is -0.610. The molecule has 0 saturated heterocycles. The number of aliphatic hydroxyl groups excluding tert-OH is 1. The Morgan fingerprint density at radius 1 is 1.90 bits per heavy atom. The largest absolute Gasteiger partial charge is 0.480 e. The SMILES string of the molecule is CC(O)COc1cncs1. The van der Waals surface area contributed by atoms with Crippen molar-refractivity contribution in [3.63, 3.8) is 0 Å². The molecule has 1 atom stereocenters. The van der Waals surface area contributed by atoms with E-state index in [4.69, 9.17) is 9.84 Å². The van der Waals surface area contributed by atoms with Crippen molar-refractivity contribution in [2.45, 2.75) is 13.0 Å². The Bertz CT molecular complexity index is 174. The van der Waals surface area contributed by atoms with Gasteiger partial charge in [0, 0.05) is 0 Å². The van der Waals surface area contributed by atoms with Crippen molar-refractivity contribution >= 4 is 11.3 Å². The predicted octanol–water partition coefficient (Wildman–Crippen LogP) is 0.903. The lowest BCUT2D eigenvalue weighted by atomic mass is 10.4. The van der Waals surface area contributed by atoms with Gasteiger partial charge in [0.05, 0.1) is 17.8 Å². The number of hydrogen-bond acceptors (Lipinski definition) is 4. The summed E-state index contributed by atoms with van der Waals surface area (Å²) in [7, 11) is 0. The highest BCUT2D eigenvalue weighted by Crippen LogP contribution is 2.15. The van der Waals surface area contributed by atoms with Gasteiger partial charge in [0.2, 0.25) is 0 Å². The molecule has 1 rings (SSSR count). The number of rotatable bonds is 3. The fourth-order valence-corrected chi connectivity index (χ4v) is 0.962. The van der Waals surface area contributed by atoms with Crippen LogP contribution in [0, 0.1) is 0 Å². The molecule has 0 amide bonds. The highest BCUT2D eigenvalue weighted by Gasteiger charge is 1.97. The topological polar surface area (TPSA) is 42.4 Å². The molecule has 0 bridgehead atoms. The van der Waals surface area contributed by atoms with Gasteiger partial charge in [-0.05, 0) is 6.92 Å². The van der Waals surface area contributed by atoms with Crippen LogP contribution in [0.25, 0.3) is 0 Å². The van der Waals surface area contributed by atoms with Gasteiger partial charge >= 0.3 is 0 Å². The predicted molar refractivity (Wildman–Crippen MR) is 39.3 cm³/mol. The Morgan fingerprint density at radius 2 is 2.70 bits per heavy atom. The minimum Gasteiger partial charge on any atom is -0.480 e. The number of aliphatic hydroxyl groups is 1. The molecular weight excluding hydrogens is 150 g/mol. The Morgan fingerprint density at radius 3 is 3.20 bits per heavy atom. The van der Waals surface area contributed by atoms with Gasteiger partial charge in [-0.15, -0.1) is 0 Å². The summed E-state index contributed by atoms with van der Waals surface area (Å²) in [5.41, 5.74) is 1.69. The lowest BCUT2D eigenvalue weighted by Gasteiger charge is -2.03. The van der Waals surface area contributed by atoms with E-state index in [1.165, 1.54) is 11.3 Å². The molecule has 3 nitrogen and oxygen atoms in total. The van der Waals surface area contributed by atoms with Gasteiger partial charge in [-0.1, -0.05) is 11.3 Å². The molecule has 1 unspecified atom stereocenters. The lowest BCUT2D eigenvalue weighted by molar-refractivity contribution is 0.125. The summed E-state index contributed by atoms with van der Waals surface area (Å²) in [6, 6.07) is 0. The first-order valence-electron chi connectivity index (χ1n) is 2.98. The van der Waals surface area contributed by atoms with Crippen LogP contribution >= 0.6 is 11.3 Å². The summed E-state index contributed by atoms with van der Waals surface area (Å²) in [4.78, 5) is 3.81. The average Bonchev–Trinajstić information content (AvgIpc) is 2.34. The quantitative estimate of drug-likeness (QED) is 0.712. The van der Waals surface area contributed by atoms with E-state index in [1.54, 1.807) is 18.6 Å². The normalized spacial score (nSPS) is 13.0. The third kappa shape index (κ3) is 2.33. The molecule has 0 aliphatic rings. The first-order chi connectivity index (χ1) is 4.79. The molecule has 1 aromatic heterocycles. The molecule has 0 aliphatic carbocycles. The Labute approximate surface area is 63.3 Å². The second kappa shape index (κ2) is 3.53. The van der Waals surface area contributed by atoms with Gasteiger partial charge in [-0.2, -0.15) is 0 Å². The maximum Gasteiger partial charge on any atom is 0.193 e. The van der Waals surface area contributed by atoms with Crippen molar-refractivity contribution in [2.75, 3.05) is 6.61 Å². The molecule has 1 N–H and O–H groups in total. The van der Waals surface area contributed by atoms with Crippen LogP contribution in [0.15, 0.2) is 11.7 Å². The number of nitrogens with zero attached hydrogens (tertiary/aromatic N) is 1. The van der Waals surface area contributed by atoms with E-state index in [-0.39, 0.29) is 0 Å². The number of hydrogen-bond donors (Lipinski definition) is 1. The summed E-state index contributed by atoms with van der Waals surface area (Å²) >= 11 is 1.42. The Balaban J connectivity index is 2.28. The van der Waals surface area contributed by atoms with Gasteiger partial charge in [0.1, 0.15) is 6.61 Å². The minimum atomic E-state index is -0.415. The lowest BCUT2D eigenvalue weighted by Crippen LogP contribution is -2.11. The van der Waals surface area contributed by atoms with E-state index in [1.807, 2.05) is 0 Å². The van der Waals surface area contributed by atoms with Crippen molar-refractivity contribution in [1.82, 2.24) is 4.98 Å². The van der Waals surface area contributed by atoms with Crippen LogP contribution in [0.2, 0.25) is 0 Å². The molecule has 4 heteroatoms. The summed E-state index contributed by atoms with van der Waals surface area (Å²) in [5.74, 6) is 0. The molecule has 0 saturated carbocycles. The molecule has 0 spiro atoms. The van der Waals surface area contributed by atoms with Gasteiger partial charge in [0.25, 0.3) is 0 Å². The van der Waals surface area contributed by atoms with E-state index >= 15 is 0 Å². The molecule has 10 heavy (non-hydrogen) atoms. The van der Waals surface area contributed by atoms with E-state index < -0.39 is 6.10 Å². The molecule has 0 aromatic carbocycles. The molecule has 1 aromatic rings. The van der Waals surface area contributed by atoms with Crippen molar-refractivity contribution in [3.05, 3.63) is 11.7 Å². The van der Waals surface area contributed by atoms with Crippen molar-refractivity contribution in [1.29, 1.82) is 0 Å². The van der Waals surface area contributed by atoms with E-state index in [9.17, 15) is 0 Å². The Kier molecular flexibility index (Phi) is 2.65. The first kappa shape index (κ1) is 7.50. The van der Waals surface area contributed by atoms with Gasteiger partial charge in [-0.3, -0.25) is 0 Å². The zero-order valence-corrected chi connectivity index (χ0v) is 6.47. The van der Waals surface area contributed by atoms with Crippen LogP contribution in [0.1, 0.15) is 6.92 Å². The van der Waals surface area contributed by atoms with Gasteiger partial charge < -0.3 is 9.84 Å². The van der Waals surface area contributed by atoms with Crippen LogP contribution in [0.5, 0.6) is 5.06 Å². The first-order valence-corrected chi connectivity index (χ1v) is 3.86. The monoisotopic (exact) mass is 159 g/mol. The molecule has 56 valence electrons. The van der Waals surface area contributed by atoms with Gasteiger partial charge in [0.15, 0.2) is 5.06 Å². The third-order valence-corrected chi connectivity index (χ3v) is 1.56. The zero-order chi connectivity index (χ0) is 7.40. The average molecular weight is 159 g/mol. The van der Waals surface area contributed by atoms with E-state index in [2.05, 4.69) is 4.98 Å². The fraction of sp³-hybridized carbons (Fsp3) is 0.500. The molecular formula is C6H9NO2S. The maximum absolute atomic E-state index is 8.81.